The third kappa shape index (κ3) is 5.86. The van der Waals surface area contributed by atoms with Crippen LogP contribution in [0.4, 0.5) is 11.4 Å². The fourth-order valence-electron chi connectivity index (χ4n) is 6.35. The average Bonchev–Trinajstić information content (AvgIpc) is 3.73. The van der Waals surface area contributed by atoms with Crippen molar-refractivity contribution in [1.29, 1.82) is 10.5 Å². The first-order valence-corrected chi connectivity index (χ1v) is 18.5. The Bertz CT molecular complexity index is 2360. The molecule has 4 aromatic rings. The van der Waals surface area contributed by atoms with Crippen LogP contribution in [-0.2, 0) is 9.59 Å². The van der Waals surface area contributed by atoms with Crippen LogP contribution in [0.1, 0.15) is 14.6 Å². The summed E-state index contributed by atoms with van der Waals surface area (Å²) in [6, 6.07) is 19.7. The molecule has 5 heterocycles. The smallest absolute Gasteiger partial charge is 0.346 e. The number of allylic oxidation sites excluding steroid dienone is 2. The molecule has 2 unspecified atom stereocenters. The number of carbonyl (C=O) groups is 2. The number of rotatable bonds is 7. The minimum Gasteiger partial charge on any atom is -0.485 e. The first-order chi connectivity index (χ1) is 25.3. The first-order valence-electron chi connectivity index (χ1n) is 15.9. The van der Waals surface area contributed by atoms with E-state index in [1.54, 1.807) is 23.9 Å². The fourth-order valence-corrected chi connectivity index (χ4v) is 9.96. The molecule has 0 radical (unpaired) electrons. The topological polar surface area (TPSA) is 162 Å². The van der Waals surface area contributed by atoms with Gasteiger partial charge in [0.2, 0.25) is 0 Å². The number of aliphatic carboxylic acids is 2. The van der Waals surface area contributed by atoms with Crippen molar-refractivity contribution in [2.24, 2.45) is 0 Å². The minimum absolute atomic E-state index is 0.0533. The zero-order chi connectivity index (χ0) is 35.9. The van der Waals surface area contributed by atoms with Crippen molar-refractivity contribution in [2.45, 2.75) is 16.2 Å². The van der Waals surface area contributed by atoms with Gasteiger partial charge in [-0.2, -0.15) is 10.5 Å². The number of hydrogen-bond acceptors (Lipinski definition) is 12. The van der Waals surface area contributed by atoms with Gasteiger partial charge in [-0.05, 0) is 47.6 Å². The number of para-hydroxylation sites is 1. The third-order valence-corrected chi connectivity index (χ3v) is 12.2. The Balaban J connectivity index is 1.22. The fraction of sp³-hybridized carbons (Fsp3) is 0.158. The molecule has 0 fully saturated rings. The quantitative estimate of drug-likeness (QED) is 0.141. The Morgan fingerprint density at radius 3 is 1.96 bits per heavy atom. The third-order valence-electron chi connectivity index (χ3n) is 8.59. The van der Waals surface area contributed by atoms with Crippen molar-refractivity contribution in [3.05, 3.63) is 92.5 Å². The lowest BCUT2D eigenvalue weighted by Crippen LogP contribution is -2.41. The maximum atomic E-state index is 11.6. The molecule has 2 aromatic heterocycles. The largest absolute Gasteiger partial charge is 0.485 e. The Hall–Kier alpha value is -5.93. The molecule has 0 saturated heterocycles. The highest BCUT2D eigenvalue weighted by atomic mass is 32.2. The van der Waals surface area contributed by atoms with Crippen molar-refractivity contribution in [1.82, 2.24) is 0 Å². The lowest BCUT2D eigenvalue weighted by atomic mass is 9.97. The average molecular weight is 748 g/mol. The summed E-state index contributed by atoms with van der Waals surface area (Å²) in [6.45, 7) is 1.28. The van der Waals surface area contributed by atoms with Crippen LogP contribution in [-0.4, -0.2) is 59.9 Å². The number of ether oxygens (including phenoxy) is 4. The van der Waals surface area contributed by atoms with Crippen LogP contribution in [0.3, 0.4) is 0 Å². The Labute approximate surface area is 309 Å². The van der Waals surface area contributed by atoms with Gasteiger partial charge in [-0.1, -0.05) is 42.5 Å². The summed E-state index contributed by atoms with van der Waals surface area (Å²) >= 11 is 4.33. The number of fused-ring (bicyclic) bond motifs is 4. The zero-order valence-corrected chi connectivity index (χ0v) is 29.3. The van der Waals surface area contributed by atoms with Crippen LogP contribution in [0, 0.1) is 22.7 Å². The Morgan fingerprint density at radius 2 is 1.37 bits per heavy atom. The van der Waals surface area contributed by atoms with Crippen LogP contribution >= 0.6 is 34.4 Å². The molecular formula is C38H25N3O8S3. The van der Waals surface area contributed by atoms with E-state index in [1.807, 2.05) is 30.3 Å². The Kier molecular flexibility index (Phi) is 8.72. The molecule has 1 aliphatic carbocycles. The highest BCUT2D eigenvalue weighted by molar-refractivity contribution is 8.00. The molecular weight excluding hydrogens is 723 g/mol. The zero-order valence-electron chi connectivity index (χ0n) is 26.9. The minimum atomic E-state index is -1.32. The SMILES string of the molecule is N#C/C(=C\c1sc(C2=CC3Sc4cc(-c5sc(/C=C(\C#N)C(=O)O)c6c5OCCO6)ccc4N(c4ccccc4)C3C=C2)c2c1OCCO2)C(=O)O. The molecule has 2 aromatic carbocycles. The first kappa shape index (κ1) is 33.2. The summed E-state index contributed by atoms with van der Waals surface area (Å²) in [5.41, 5.74) is 2.98. The van der Waals surface area contributed by atoms with Gasteiger partial charge < -0.3 is 34.1 Å². The summed E-state index contributed by atoms with van der Waals surface area (Å²) in [6.07, 6.45) is 9.04. The van der Waals surface area contributed by atoms with Crippen LogP contribution in [0.2, 0.25) is 0 Å². The molecule has 0 amide bonds. The van der Waals surface area contributed by atoms with E-state index in [1.165, 1.54) is 34.8 Å². The van der Waals surface area contributed by atoms with Gasteiger partial charge in [0.05, 0.1) is 36.5 Å². The van der Waals surface area contributed by atoms with Crippen LogP contribution in [0.15, 0.2) is 82.8 Å². The lowest BCUT2D eigenvalue weighted by molar-refractivity contribution is -0.133. The molecule has 0 saturated carbocycles. The van der Waals surface area contributed by atoms with Gasteiger partial charge in [-0.3, -0.25) is 0 Å². The predicted molar refractivity (Wildman–Crippen MR) is 198 cm³/mol. The number of carboxylic acid groups (broad SMARTS) is 2. The molecule has 14 heteroatoms. The number of benzene rings is 2. The summed E-state index contributed by atoms with van der Waals surface area (Å²) in [5, 5.41) is 37.8. The molecule has 258 valence electrons. The second-order valence-corrected chi connectivity index (χ2v) is 15.0. The van der Waals surface area contributed by atoms with E-state index in [0.29, 0.717) is 59.2 Å². The van der Waals surface area contributed by atoms with E-state index in [-0.39, 0.29) is 11.3 Å². The molecule has 2 N–H and O–H groups in total. The van der Waals surface area contributed by atoms with E-state index >= 15 is 0 Å². The number of carboxylic acids is 2. The van der Waals surface area contributed by atoms with Gasteiger partial charge in [0.25, 0.3) is 0 Å². The maximum Gasteiger partial charge on any atom is 0.346 e. The maximum absolute atomic E-state index is 11.6. The highest BCUT2D eigenvalue weighted by Crippen LogP contribution is 2.55. The second kappa shape index (κ2) is 13.7. The van der Waals surface area contributed by atoms with Crippen molar-refractivity contribution >= 4 is 75.5 Å². The molecule has 52 heavy (non-hydrogen) atoms. The molecule has 4 aliphatic rings. The van der Waals surface area contributed by atoms with Crippen molar-refractivity contribution in [3.8, 4) is 45.6 Å². The number of thiophene rings is 2. The van der Waals surface area contributed by atoms with Gasteiger partial charge >= 0.3 is 11.9 Å². The predicted octanol–water partition coefficient (Wildman–Crippen LogP) is 7.64. The summed E-state index contributed by atoms with van der Waals surface area (Å²) in [5.74, 6) is -0.740. The number of nitriles is 2. The number of anilines is 2. The van der Waals surface area contributed by atoms with Crippen LogP contribution in [0.5, 0.6) is 23.0 Å². The molecule has 0 spiro atoms. The summed E-state index contributed by atoms with van der Waals surface area (Å²) in [4.78, 5) is 29.1. The molecule has 3 aliphatic heterocycles. The van der Waals surface area contributed by atoms with Crippen molar-refractivity contribution in [2.75, 3.05) is 31.3 Å². The second-order valence-electron chi connectivity index (χ2n) is 11.7. The molecule has 2 atom stereocenters. The number of hydrogen-bond donors (Lipinski definition) is 2. The number of thioether (sulfide) groups is 1. The Morgan fingerprint density at radius 1 is 0.788 bits per heavy atom. The highest BCUT2D eigenvalue weighted by Gasteiger charge is 2.37. The van der Waals surface area contributed by atoms with E-state index in [4.69, 9.17) is 18.9 Å². The van der Waals surface area contributed by atoms with Crippen molar-refractivity contribution < 1.29 is 38.7 Å². The van der Waals surface area contributed by atoms with Gasteiger partial charge in [0.1, 0.15) is 49.7 Å². The van der Waals surface area contributed by atoms with Gasteiger partial charge in [-0.15, -0.1) is 34.4 Å². The van der Waals surface area contributed by atoms with Gasteiger partial charge in [0.15, 0.2) is 23.0 Å². The standard InChI is InChI=1S/C38H25N3O8S3/c39-18-22(37(42)43)16-29-31-33(48-12-10-46-31)35(51-29)20-6-8-25-27(14-20)50-28-15-21(7-9-26(28)41(25)24-4-2-1-3-5-24)36-34-32(47-11-13-49-34)30(52-36)17-23(19-40)38(44)45/h1-9,14-17,25,27H,10-13H2,(H,42,43)(H,44,45)/b22-16+,23-17+. The normalized spacial score (nSPS) is 18.7. The number of nitrogens with zero attached hydrogens (tertiary/aromatic N) is 3. The lowest BCUT2D eigenvalue weighted by Gasteiger charge is -2.42. The van der Waals surface area contributed by atoms with Crippen LogP contribution < -0.4 is 23.8 Å². The van der Waals surface area contributed by atoms with E-state index in [9.17, 15) is 30.3 Å². The summed E-state index contributed by atoms with van der Waals surface area (Å²) < 4.78 is 24.0. The van der Waals surface area contributed by atoms with Gasteiger partial charge in [0, 0.05) is 10.6 Å². The monoisotopic (exact) mass is 747 g/mol. The van der Waals surface area contributed by atoms with E-state index in [0.717, 1.165) is 37.2 Å². The van der Waals surface area contributed by atoms with Gasteiger partial charge in [-0.25, -0.2) is 9.59 Å². The van der Waals surface area contributed by atoms with Crippen molar-refractivity contribution in [3.63, 3.8) is 0 Å². The molecule has 11 nitrogen and oxygen atoms in total. The molecule has 8 rings (SSSR count). The molecule has 0 bridgehead atoms. The van der Waals surface area contributed by atoms with Crippen LogP contribution in [0.25, 0.3) is 28.2 Å². The van der Waals surface area contributed by atoms with E-state index < -0.39 is 23.1 Å². The summed E-state index contributed by atoms with van der Waals surface area (Å²) in [7, 11) is 0. The van der Waals surface area contributed by atoms with E-state index in [2.05, 4.69) is 41.3 Å².